The normalized spacial score (nSPS) is 17.9. The molecule has 2 atom stereocenters. The number of benzene rings is 3. The van der Waals surface area contributed by atoms with Gasteiger partial charge in [-0.05, 0) is 54.4 Å². The molecule has 1 aliphatic rings. The Kier molecular flexibility index (Phi) is 6.56. The van der Waals surface area contributed by atoms with E-state index in [4.69, 9.17) is 5.26 Å². The predicted molar refractivity (Wildman–Crippen MR) is 125 cm³/mol. The van der Waals surface area contributed by atoms with E-state index in [1.165, 1.54) is 0 Å². The van der Waals surface area contributed by atoms with Crippen LogP contribution in [0.3, 0.4) is 0 Å². The summed E-state index contributed by atoms with van der Waals surface area (Å²) in [4.78, 5) is 12.5. The molecule has 4 rings (SSSR count). The van der Waals surface area contributed by atoms with Gasteiger partial charge in [-0.25, -0.2) is 22.9 Å². The molecular formula is C25H19F3N4O3S. The number of amides is 2. The van der Waals surface area contributed by atoms with E-state index in [-0.39, 0.29) is 0 Å². The number of sulfonamides is 1. The number of carbonyl (C=O) groups is 1. The second-order valence-electron chi connectivity index (χ2n) is 8.08. The minimum atomic E-state index is -4.63. The number of nitrogens with zero attached hydrogens (tertiary/aromatic N) is 3. The fraction of sp³-hybridized carbons (Fsp3) is 0.160. The van der Waals surface area contributed by atoms with Crippen LogP contribution in [0.5, 0.6) is 0 Å². The summed E-state index contributed by atoms with van der Waals surface area (Å²) >= 11 is 0. The van der Waals surface area contributed by atoms with Gasteiger partial charge in [0.25, 0.3) is 10.0 Å². The molecule has 0 saturated carbocycles. The SMILES string of the molecule is CC1C(c2ccccc2)C(c2ccc(C#N)cc2)=NN1C(=O)NS(=O)(=O)c1ccc(C(F)(F)F)cc1. The molecule has 0 spiro atoms. The summed E-state index contributed by atoms with van der Waals surface area (Å²) in [5, 5.41) is 14.5. The molecule has 2 amide bonds. The molecule has 0 bridgehead atoms. The number of alkyl halides is 3. The molecule has 0 aromatic heterocycles. The summed E-state index contributed by atoms with van der Waals surface area (Å²) in [6.07, 6.45) is -4.63. The third kappa shape index (κ3) is 4.94. The summed E-state index contributed by atoms with van der Waals surface area (Å²) < 4.78 is 65.8. The molecule has 11 heteroatoms. The van der Waals surface area contributed by atoms with Crippen LogP contribution >= 0.6 is 0 Å². The Labute approximate surface area is 205 Å². The zero-order valence-corrected chi connectivity index (χ0v) is 19.6. The smallest absolute Gasteiger partial charge is 0.246 e. The first-order valence-electron chi connectivity index (χ1n) is 10.7. The lowest BCUT2D eigenvalue weighted by atomic mass is 9.85. The standard InChI is InChI=1S/C25H19F3N4O3S/c1-16-22(18-5-3-2-4-6-18)23(19-9-7-17(15-29)8-10-19)30-32(16)24(33)31-36(34,35)21-13-11-20(12-14-21)25(26,27)28/h2-14,16,22H,1H3,(H,31,33). The van der Waals surface area contributed by atoms with Crippen molar-refractivity contribution in [1.29, 1.82) is 5.26 Å². The van der Waals surface area contributed by atoms with Gasteiger partial charge in [-0.2, -0.15) is 23.5 Å². The third-order valence-electron chi connectivity index (χ3n) is 5.77. The van der Waals surface area contributed by atoms with E-state index in [1.807, 2.05) is 41.1 Å². The number of rotatable bonds is 4. The van der Waals surface area contributed by atoms with Crippen LogP contribution in [0.4, 0.5) is 18.0 Å². The van der Waals surface area contributed by atoms with E-state index in [0.717, 1.165) is 22.7 Å². The van der Waals surface area contributed by atoms with Crippen LogP contribution in [0, 0.1) is 11.3 Å². The first-order valence-corrected chi connectivity index (χ1v) is 12.2. The van der Waals surface area contributed by atoms with Crippen LogP contribution in [0.1, 0.15) is 35.1 Å². The molecule has 3 aromatic carbocycles. The third-order valence-corrected chi connectivity index (χ3v) is 7.10. The number of hydrogen-bond acceptors (Lipinski definition) is 5. The lowest BCUT2D eigenvalue weighted by Gasteiger charge is -2.23. The number of nitrogens with one attached hydrogen (secondary N) is 1. The molecule has 7 nitrogen and oxygen atoms in total. The monoisotopic (exact) mass is 512 g/mol. The minimum Gasteiger partial charge on any atom is -0.246 e. The number of hydrogen-bond donors (Lipinski definition) is 1. The quantitative estimate of drug-likeness (QED) is 0.539. The van der Waals surface area contributed by atoms with Crippen LogP contribution in [0.2, 0.25) is 0 Å². The van der Waals surface area contributed by atoms with Gasteiger partial charge in [0.2, 0.25) is 0 Å². The highest BCUT2D eigenvalue weighted by Crippen LogP contribution is 2.34. The lowest BCUT2D eigenvalue weighted by Crippen LogP contribution is -2.43. The van der Waals surface area contributed by atoms with Crippen LogP contribution < -0.4 is 4.72 Å². The maximum Gasteiger partial charge on any atom is 0.416 e. The highest BCUT2D eigenvalue weighted by molar-refractivity contribution is 7.90. The zero-order valence-electron chi connectivity index (χ0n) is 18.8. The summed E-state index contributed by atoms with van der Waals surface area (Å²) in [6, 6.07) is 19.0. The van der Waals surface area contributed by atoms with Crippen molar-refractivity contribution in [3.8, 4) is 6.07 Å². The van der Waals surface area contributed by atoms with Crippen LogP contribution in [0.15, 0.2) is 88.9 Å². The van der Waals surface area contributed by atoms with E-state index in [0.29, 0.717) is 29.0 Å². The van der Waals surface area contributed by atoms with E-state index in [2.05, 4.69) is 5.10 Å². The molecule has 0 fully saturated rings. The summed E-state index contributed by atoms with van der Waals surface area (Å²) in [6.45, 7) is 1.71. The lowest BCUT2D eigenvalue weighted by molar-refractivity contribution is -0.137. The molecule has 36 heavy (non-hydrogen) atoms. The molecule has 1 N–H and O–H groups in total. The van der Waals surface area contributed by atoms with Gasteiger partial charge in [-0.3, -0.25) is 0 Å². The molecule has 0 aliphatic carbocycles. The largest absolute Gasteiger partial charge is 0.416 e. The van der Waals surface area contributed by atoms with E-state index >= 15 is 0 Å². The average molecular weight is 513 g/mol. The summed E-state index contributed by atoms with van der Waals surface area (Å²) in [5.41, 5.74) is 1.42. The minimum absolute atomic E-state index is 0.404. The molecule has 0 saturated heterocycles. The number of urea groups is 1. The van der Waals surface area contributed by atoms with Crippen molar-refractivity contribution in [3.05, 3.63) is 101 Å². The molecule has 3 aromatic rings. The Balaban J connectivity index is 1.65. The van der Waals surface area contributed by atoms with Crippen molar-refractivity contribution >= 4 is 21.8 Å². The van der Waals surface area contributed by atoms with Crippen molar-refractivity contribution in [1.82, 2.24) is 9.73 Å². The first kappa shape index (κ1) is 24.9. The molecule has 2 unspecified atom stereocenters. The van der Waals surface area contributed by atoms with Gasteiger partial charge < -0.3 is 0 Å². The van der Waals surface area contributed by atoms with Crippen molar-refractivity contribution in [2.24, 2.45) is 5.10 Å². The van der Waals surface area contributed by atoms with E-state index in [9.17, 15) is 26.4 Å². The van der Waals surface area contributed by atoms with Crippen molar-refractivity contribution in [3.63, 3.8) is 0 Å². The topological polar surface area (TPSA) is 103 Å². The maximum atomic E-state index is 13.0. The average Bonchev–Trinajstić information content (AvgIpc) is 3.21. The molecular weight excluding hydrogens is 493 g/mol. The van der Waals surface area contributed by atoms with Gasteiger partial charge >= 0.3 is 12.2 Å². The Hall–Kier alpha value is -4.17. The van der Waals surface area contributed by atoms with Crippen LogP contribution in [0.25, 0.3) is 0 Å². The second kappa shape index (κ2) is 9.47. The number of hydrazone groups is 1. The second-order valence-corrected chi connectivity index (χ2v) is 9.76. The van der Waals surface area contributed by atoms with Gasteiger partial charge in [0, 0.05) is 0 Å². The first-order chi connectivity index (χ1) is 17.0. The van der Waals surface area contributed by atoms with E-state index < -0.39 is 44.6 Å². The van der Waals surface area contributed by atoms with Gasteiger partial charge in [0.05, 0.1) is 39.8 Å². The Morgan fingerprint density at radius 2 is 1.61 bits per heavy atom. The Bertz CT molecular complexity index is 1450. The Morgan fingerprint density at radius 1 is 1.00 bits per heavy atom. The molecule has 0 radical (unpaired) electrons. The maximum absolute atomic E-state index is 13.0. The van der Waals surface area contributed by atoms with Gasteiger partial charge in [-0.1, -0.05) is 42.5 Å². The number of halogens is 3. The van der Waals surface area contributed by atoms with Crippen LogP contribution in [-0.2, 0) is 16.2 Å². The van der Waals surface area contributed by atoms with E-state index in [1.54, 1.807) is 31.2 Å². The zero-order chi connectivity index (χ0) is 26.1. The molecule has 184 valence electrons. The number of nitriles is 1. The summed E-state index contributed by atoms with van der Waals surface area (Å²) in [5.74, 6) is -0.404. The van der Waals surface area contributed by atoms with Crippen molar-refractivity contribution in [2.45, 2.75) is 30.0 Å². The fourth-order valence-corrected chi connectivity index (χ4v) is 4.90. The highest BCUT2D eigenvalue weighted by atomic mass is 32.2. The fourth-order valence-electron chi connectivity index (χ4n) is 3.96. The van der Waals surface area contributed by atoms with Gasteiger partial charge in [-0.15, -0.1) is 0 Å². The van der Waals surface area contributed by atoms with Crippen LogP contribution in [-0.4, -0.2) is 31.2 Å². The van der Waals surface area contributed by atoms with Crippen molar-refractivity contribution in [2.75, 3.05) is 0 Å². The predicted octanol–water partition coefficient (Wildman–Crippen LogP) is 4.87. The van der Waals surface area contributed by atoms with Gasteiger partial charge in [0.1, 0.15) is 0 Å². The highest BCUT2D eigenvalue weighted by Gasteiger charge is 2.40. The Morgan fingerprint density at radius 3 is 2.17 bits per heavy atom. The number of carbonyl (C=O) groups excluding carboxylic acids is 1. The summed E-state index contributed by atoms with van der Waals surface area (Å²) in [7, 11) is -4.47. The molecule has 1 heterocycles. The van der Waals surface area contributed by atoms with Crippen molar-refractivity contribution < 1.29 is 26.4 Å². The van der Waals surface area contributed by atoms with Gasteiger partial charge in [0.15, 0.2) is 0 Å². The molecule has 1 aliphatic heterocycles.